The van der Waals surface area contributed by atoms with Crippen molar-refractivity contribution >= 4 is 34.8 Å². The predicted molar refractivity (Wildman–Crippen MR) is 72.1 cm³/mol. The number of amides is 1. The zero-order chi connectivity index (χ0) is 13.9. The molecule has 0 fully saturated rings. The van der Waals surface area contributed by atoms with Crippen molar-refractivity contribution in [1.29, 1.82) is 0 Å². The van der Waals surface area contributed by atoms with Crippen molar-refractivity contribution in [2.45, 2.75) is 39.3 Å². The van der Waals surface area contributed by atoms with Gasteiger partial charge in [-0.2, -0.15) is 0 Å². The molecule has 0 aliphatic rings. The number of rotatable bonds is 3. The van der Waals surface area contributed by atoms with Gasteiger partial charge in [0.25, 0.3) is 5.91 Å². The molecule has 0 aliphatic carbocycles. The molecule has 0 aromatic carbocycles. The molecule has 1 atom stereocenters. The molecule has 0 aliphatic heterocycles. The number of thiophene rings is 1. The Morgan fingerprint density at radius 3 is 2.44 bits per heavy atom. The number of hydrogen-bond donors (Lipinski definition) is 1. The first-order chi connectivity index (χ1) is 8.19. The Labute approximate surface area is 115 Å². The average Bonchev–Trinajstić information content (AvgIpc) is 2.62. The number of carbonyl (C=O) groups is 2. The van der Waals surface area contributed by atoms with E-state index in [0.29, 0.717) is 9.21 Å². The van der Waals surface area contributed by atoms with Gasteiger partial charge in [-0.25, -0.2) is 4.79 Å². The van der Waals surface area contributed by atoms with E-state index in [1.165, 1.54) is 0 Å². The zero-order valence-corrected chi connectivity index (χ0v) is 12.3. The highest BCUT2D eigenvalue weighted by atomic mass is 35.5. The Morgan fingerprint density at radius 2 is 2.00 bits per heavy atom. The van der Waals surface area contributed by atoms with Crippen LogP contribution in [0.3, 0.4) is 0 Å². The predicted octanol–water partition coefficient (Wildman–Crippen LogP) is 2.86. The number of ether oxygens (including phenoxy) is 1. The maximum Gasteiger partial charge on any atom is 0.328 e. The van der Waals surface area contributed by atoms with Crippen LogP contribution in [0.4, 0.5) is 0 Å². The van der Waals surface area contributed by atoms with E-state index in [2.05, 4.69) is 5.32 Å². The second-order valence-electron chi connectivity index (χ2n) is 4.83. The van der Waals surface area contributed by atoms with Crippen molar-refractivity contribution in [3.63, 3.8) is 0 Å². The average molecular weight is 290 g/mol. The van der Waals surface area contributed by atoms with Gasteiger partial charge in [0.2, 0.25) is 0 Å². The zero-order valence-electron chi connectivity index (χ0n) is 10.7. The van der Waals surface area contributed by atoms with Gasteiger partial charge in [-0.15, -0.1) is 11.3 Å². The van der Waals surface area contributed by atoms with E-state index in [-0.39, 0.29) is 5.91 Å². The molecule has 18 heavy (non-hydrogen) atoms. The molecule has 4 nitrogen and oxygen atoms in total. The molecule has 0 saturated heterocycles. The fourth-order valence-corrected chi connectivity index (χ4v) is 2.10. The molecular weight excluding hydrogens is 274 g/mol. The fraction of sp³-hybridized carbons (Fsp3) is 0.500. The first kappa shape index (κ1) is 15.0. The standard InChI is InChI=1S/C12H16ClNO3S/c1-7(11(16)17-12(2,3)4)14-10(15)8-5-6-9(13)18-8/h5-7H,1-4H3,(H,14,15)/t7-/m1/s1. The van der Waals surface area contributed by atoms with Crippen molar-refractivity contribution < 1.29 is 14.3 Å². The smallest absolute Gasteiger partial charge is 0.328 e. The van der Waals surface area contributed by atoms with E-state index in [1.807, 2.05) is 0 Å². The molecule has 1 N–H and O–H groups in total. The third-order valence-corrected chi connectivity index (χ3v) is 3.13. The van der Waals surface area contributed by atoms with Gasteiger partial charge in [-0.3, -0.25) is 4.79 Å². The molecule has 0 radical (unpaired) electrons. The molecule has 100 valence electrons. The van der Waals surface area contributed by atoms with Crippen LogP contribution >= 0.6 is 22.9 Å². The Hall–Kier alpha value is -1.07. The second kappa shape index (κ2) is 5.71. The topological polar surface area (TPSA) is 55.4 Å². The lowest BCUT2D eigenvalue weighted by atomic mass is 10.2. The first-order valence-electron chi connectivity index (χ1n) is 5.48. The summed E-state index contributed by atoms with van der Waals surface area (Å²) in [6.45, 7) is 6.91. The van der Waals surface area contributed by atoms with Gasteiger partial charge < -0.3 is 10.1 Å². The van der Waals surface area contributed by atoms with E-state index in [0.717, 1.165) is 11.3 Å². The molecule has 1 rings (SSSR count). The summed E-state index contributed by atoms with van der Waals surface area (Å²) >= 11 is 6.90. The monoisotopic (exact) mass is 289 g/mol. The maximum atomic E-state index is 11.8. The van der Waals surface area contributed by atoms with Crippen LogP contribution in [-0.2, 0) is 9.53 Å². The summed E-state index contributed by atoms with van der Waals surface area (Å²) in [7, 11) is 0. The number of esters is 1. The van der Waals surface area contributed by atoms with Gasteiger partial charge in [0.05, 0.1) is 9.21 Å². The maximum absolute atomic E-state index is 11.8. The van der Waals surface area contributed by atoms with Crippen molar-refractivity contribution in [3.05, 3.63) is 21.3 Å². The molecule has 0 spiro atoms. The van der Waals surface area contributed by atoms with Crippen molar-refractivity contribution in [2.24, 2.45) is 0 Å². The summed E-state index contributed by atoms with van der Waals surface area (Å²) in [5.41, 5.74) is -0.567. The van der Waals surface area contributed by atoms with Crippen molar-refractivity contribution in [2.75, 3.05) is 0 Å². The van der Waals surface area contributed by atoms with Crippen LogP contribution in [0.2, 0.25) is 4.34 Å². The Balaban J connectivity index is 2.57. The lowest BCUT2D eigenvalue weighted by molar-refractivity contribution is -0.156. The molecule has 0 bridgehead atoms. The largest absolute Gasteiger partial charge is 0.458 e. The minimum absolute atomic E-state index is 0.328. The van der Waals surface area contributed by atoms with Crippen LogP contribution < -0.4 is 5.32 Å². The minimum Gasteiger partial charge on any atom is -0.458 e. The Kier molecular flexibility index (Phi) is 4.76. The summed E-state index contributed by atoms with van der Waals surface area (Å²) in [5.74, 6) is -0.788. The normalized spacial score (nSPS) is 12.9. The molecule has 6 heteroatoms. The van der Waals surface area contributed by atoms with E-state index in [1.54, 1.807) is 39.8 Å². The van der Waals surface area contributed by atoms with Crippen LogP contribution in [0.5, 0.6) is 0 Å². The van der Waals surface area contributed by atoms with Crippen molar-refractivity contribution in [3.8, 4) is 0 Å². The van der Waals surface area contributed by atoms with E-state index in [9.17, 15) is 9.59 Å². The molecule has 1 heterocycles. The van der Waals surface area contributed by atoms with Gasteiger partial charge >= 0.3 is 5.97 Å². The summed E-state index contributed by atoms with van der Waals surface area (Å²) in [4.78, 5) is 23.9. The molecular formula is C12H16ClNO3S. The van der Waals surface area contributed by atoms with Crippen LogP contribution in [-0.4, -0.2) is 23.5 Å². The van der Waals surface area contributed by atoms with Gasteiger partial charge in [-0.05, 0) is 39.8 Å². The Bertz CT molecular complexity index is 450. The second-order valence-corrected chi connectivity index (χ2v) is 6.55. The summed E-state index contributed by atoms with van der Waals surface area (Å²) in [5, 5.41) is 2.57. The van der Waals surface area contributed by atoms with Gasteiger partial charge in [-0.1, -0.05) is 11.6 Å². The lowest BCUT2D eigenvalue weighted by Crippen LogP contribution is -2.41. The summed E-state index contributed by atoms with van der Waals surface area (Å²) in [6, 6.07) is 2.56. The lowest BCUT2D eigenvalue weighted by Gasteiger charge is -2.22. The SMILES string of the molecule is C[C@@H](NC(=O)c1ccc(Cl)s1)C(=O)OC(C)(C)C. The molecule has 0 saturated carbocycles. The van der Waals surface area contributed by atoms with Crippen LogP contribution in [0.15, 0.2) is 12.1 Å². The van der Waals surface area contributed by atoms with Crippen molar-refractivity contribution in [1.82, 2.24) is 5.32 Å². The number of halogens is 1. The molecule has 0 unspecified atom stereocenters. The van der Waals surface area contributed by atoms with E-state index >= 15 is 0 Å². The van der Waals surface area contributed by atoms with Gasteiger partial charge in [0.1, 0.15) is 11.6 Å². The molecule has 1 aromatic rings. The van der Waals surface area contributed by atoms with Crippen LogP contribution in [0.25, 0.3) is 0 Å². The molecule has 1 aromatic heterocycles. The first-order valence-corrected chi connectivity index (χ1v) is 6.67. The summed E-state index contributed by atoms with van der Waals surface area (Å²) < 4.78 is 5.70. The van der Waals surface area contributed by atoms with Crippen LogP contribution in [0, 0.1) is 0 Å². The number of nitrogens with one attached hydrogen (secondary N) is 1. The van der Waals surface area contributed by atoms with Gasteiger partial charge in [0.15, 0.2) is 0 Å². The summed E-state index contributed by atoms with van der Waals surface area (Å²) in [6.07, 6.45) is 0. The highest BCUT2D eigenvalue weighted by Crippen LogP contribution is 2.21. The highest BCUT2D eigenvalue weighted by molar-refractivity contribution is 7.18. The van der Waals surface area contributed by atoms with Crippen LogP contribution in [0.1, 0.15) is 37.4 Å². The third kappa shape index (κ3) is 4.66. The van der Waals surface area contributed by atoms with E-state index < -0.39 is 17.6 Å². The minimum atomic E-state index is -0.697. The molecule has 1 amide bonds. The van der Waals surface area contributed by atoms with Gasteiger partial charge in [0, 0.05) is 0 Å². The third-order valence-electron chi connectivity index (χ3n) is 1.90. The highest BCUT2D eigenvalue weighted by Gasteiger charge is 2.23. The van der Waals surface area contributed by atoms with E-state index in [4.69, 9.17) is 16.3 Å². The Morgan fingerprint density at radius 1 is 1.39 bits per heavy atom. The number of carbonyl (C=O) groups excluding carboxylic acids is 2. The number of hydrogen-bond acceptors (Lipinski definition) is 4. The fourth-order valence-electron chi connectivity index (χ4n) is 1.15. The quantitative estimate of drug-likeness (QED) is 0.871.